The Labute approximate surface area is 145 Å². The van der Waals surface area contributed by atoms with E-state index in [1.807, 2.05) is 22.1 Å². The number of hydrogen-bond donors (Lipinski definition) is 0. The second-order valence-corrected chi connectivity index (χ2v) is 8.36. The Morgan fingerprint density at radius 1 is 1.30 bits per heavy atom. The first-order valence-corrected chi connectivity index (χ1v) is 9.89. The highest BCUT2D eigenvalue weighted by atomic mass is 32.2. The third kappa shape index (κ3) is 3.72. The second-order valence-electron chi connectivity index (χ2n) is 6.15. The molecule has 2 aliphatic rings. The van der Waals surface area contributed by atoms with Crippen LogP contribution in [-0.4, -0.2) is 71.5 Å². The number of carbonyl (C=O) groups is 2. The number of carbonyl (C=O) groups excluding carboxylic acids is 2. The fraction of sp³-hybridized carbons (Fsp3) is 0.625. The SMILES string of the molecule is CC1SC(c2ccsc2)N(CCC(=O)N2CCN(C)CC2)C1=O. The lowest BCUT2D eigenvalue weighted by molar-refractivity contribution is -0.134. The van der Waals surface area contributed by atoms with Gasteiger partial charge in [0.1, 0.15) is 5.37 Å². The first-order valence-electron chi connectivity index (χ1n) is 8.00. The van der Waals surface area contributed by atoms with Crippen molar-refractivity contribution < 1.29 is 9.59 Å². The molecule has 0 spiro atoms. The van der Waals surface area contributed by atoms with Crippen molar-refractivity contribution in [3.63, 3.8) is 0 Å². The van der Waals surface area contributed by atoms with Crippen molar-refractivity contribution in [2.75, 3.05) is 39.8 Å². The van der Waals surface area contributed by atoms with Crippen LogP contribution in [0.1, 0.15) is 24.3 Å². The van der Waals surface area contributed by atoms with Gasteiger partial charge in [-0.15, -0.1) is 11.8 Å². The third-order valence-electron chi connectivity index (χ3n) is 4.50. The summed E-state index contributed by atoms with van der Waals surface area (Å²) in [5, 5.41) is 4.16. The van der Waals surface area contributed by atoms with Gasteiger partial charge < -0.3 is 14.7 Å². The maximum atomic E-state index is 12.4. The molecular formula is C16H23N3O2S2. The number of hydrogen-bond acceptors (Lipinski definition) is 5. The van der Waals surface area contributed by atoms with E-state index in [2.05, 4.69) is 23.4 Å². The molecule has 2 unspecified atom stereocenters. The lowest BCUT2D eigenvalue weighted by atomic mass is 10.2. The van der Waals surface area contributed by atoms with Crippen LogP contribution in [0, 0.1) is 0 Å². The zero-order valence-corrected chi connectivity index (χ0v) is 15.2. The molecular weight excluding hydrogens is 330 g/mol. The average molecular weight is 354 g/mol. The van der Waals surface area contributed by atoms with Crippen molar-refractivity contribution in [3.05, 3.63) is 22.4 Å². The number of likely N-dealkylation sites (N-methyl/N-ethyl adjacent to an activating group) is 1. The molecule has 3 rings (SSSR count). The summed E-state index contributed by atoms with van der Waals surface area (Å²) >= 11 is 3.33. The minimum atomic E-state index is -0.0290. The molecule has 0 aliphatic carbocycles. The number of piperazine rings is 1. The van der Waals surface area contributed by atoms with Gasteiger partial charge >= 0.3 is 0 Å². The van der Waals surface area contributed by atoms with E-state index in [9.17, 15) is 9.59 Å². The first kappa shape index (κ1) is 16.8. The van der Waals surface area contributed by atoms with Crippen molar-refractivity contribution >= 4 is 34.9 Å². The summed E-state index contributed by atoms with van der Waals surface area (Å²) in [6.07, 6.45) is 0.420. The molecule has 0 radical (unpaired) electrons. The Balaban J connectivity index is 1.59. The standard InChI is InChI=1S/C16H23N3O2S2/c1-12-15(21)19(16(23-12)13-4-10-22-11-13)5-3-14(20)18-8-6-17(2)7-9-18/h4,10-12,16H,3,5-9H2,1-2H3. The number of thiophene rings is 1. The Kier molecular flexibility index (Phi) is 5.28. The third-order valence-corrected chi connectivity index (χ3v) is 6.59. The van der Waals surface area contributed by atoms with Crippen LogP contribution in [0.2, 0.25) is 0 Å². The van der Waals surface area contributed by atoms with Gasteiger partial charge in [0.25, 0.3) is 0 Å². The average Bonchev–Trinajstić information content (AvgIpc) is 3.16. The fourth-order valence-corrected chi connectivity index (χ4v) is 5.07. The van der Waals surface area contributed by atoms with Crippen LogP contribution in [0.3, 0.4) is 0 Å². The van der Waals surface area contributed by atoms with Crippen molar-refractivity contribution in [1.29, 1.82) is 0 Å². The number of amides is 2. The van der Waals surface area contributed by atoms with Crippen LogP contribution < -0.4 is 0 Å². The van der Waals surface area contributed by atoms with Crippen LogP contribution in [0.25, 0.3) is 0 Å². The van der Waals surface area contributed by atoms with Gasteiger partial charge in [-0.1, -0.05) is 0 Å². The molecule has 23 heavy (non-hydrogen) atoms. The zero-order chi connectivity index (χ0) is 16.4. The summed E-state index contributed by atoms with van der Waals surface area (Å²) in [5.41, 5.74) is 1.17. The van der Waals surface area contributed by atoms with E-state index in [0.717, 1.165) is 26.2 Å². The first-order chi connectivity index (χ1) is 11.1. The summed E-state index contributed by atoms with van der Waals surface area (Å²) in [6.45, 7) is 5.92. The Bertz CT molecular complexity index is 556. The molecule has 126 valence electrons. The summed E-state index contributed by atoms with van der Waals surface area (Å²) < 4.78 is 0. The quantitative estimate of drug-likeness (QED) is 0.829. The zero-order valence-electron chi connectivity index (χ0n) is 13.6. The highest BCUT2D eigenvalue weighted by molar-refractivity contribution is 8.01. The van der Waals surface area contributed by atoms with E-state index in [4.69, 9.17) is 0 Å². The molecule has 5 nitrogen and oxygen atoms in total. The van der Waals surface area contributed by atoms with Crippen molar-refractivity contribution in [2.24, 2.45) is 0 Å². The molecule has 0 N–H and O–H groups in total. The summed E-state index contributed by atoms with van der Waals surface area (Å²) in [6, 6.07) is 2.07. The Morgan fingerprint density at radius 3 is 2.70 bits per heavy atom. The van der Waals surface area contributed by atoms with E-state index >= 15 is 0 Å². The van der Waals surface area contributed by atoms with E-state index in [1.165, 1.54) is 5.56 Å². The van der Waals surface area contributed by atoms with Gasteiger partial charge in [-0.3, -0.25) is 9.59 Å². The molecule has 1 aromatic rings. The van der Waals surface area contributed by atoms with Crippen LogP contribution in [0.4, 0.5) is 0 Å². The summed E-state index contributed by atoms with van der Waals surface area (Å²) in [4.78, 5) is 30.9. The van der Waals surface area contributed by atoms with E-state index in [1.54, 1.807) is 23.1 Å². The van der Waals surface area contributed by atoms with Crippen LogP contribution in [0.15, 0.2) is 16.8 Å². The monoisotopic (exact) mass is 353 g/mol. The maximum Gasteiger partial charge on any atom is 0.236 e. The molecule has 0 saturated carbocycles. The van der Waals surface area contributed by atoms with Crippen molar-refractivity contribution in [3.8, 4) is 0 Å². The molecule has 0 bridgehead atoms. The summed E-state index contributed by atoms with van der Waals surface area (Å²) in [5.74, 6) is 0.317. The molecule has 2 atom stereocenters. The fourth-order valence-electron chi connectivity index (χ4n) is 3.01. The highest BCUT2D eigenvalue weighted by Gasteiger charge is 2.38. The lowest BCUT2D eigenvalue weighted by Crippen LogP contribution is -2.47. The molecule has 2 saturated heterocycles. The second kappa shape index (κ2) is 7.23. The molecule has 3 heterocycles. The number of rotatable bonds is 4. The molecule has 2 amide bonds. The maximum absolute atomic E-state index is 12.4. The smallest absolute Gasteiger partial charge is 0.236 e. The van der Waals surface area contributed by atoms with Crippen LogP contribution in [-0.2, 0) is 9.59 Å². The largest absolute Gasteiger partial charge is 0.340 e. The van der Waals surface area contributed by atoms with Gasteiger partial charge in [-0.05, 0) is 36.4 Å². The van der Waals surface area contributed by atoms with Crippen LogP contribution in [0.5, 0.6) is 0 Å². The minimum absolute atomic E-state index is 0.0290. The molecule has 7 heteroatoms. The van der Waals surface area contributed by atoms with Crippen LogP contribution >= 0.6 is 23.1 Å². The van der Waals surface area contributed by atoms with E-state index in [-0.39, 0.29) is 22.4 Å². The van der Waals surface area contributed by atoms with Gasteiger partial charge in [0.2, 0.25) is 11.8 Å². The van der Waals surface area contributed by atoms with Gasteiger partial charge in [0.05, 0.1) is 5.25 Å². The lowest BCUT2D eigenvalue weighted by Gasteiger charge is -2.33. The molecule has 2 fully saturated rings. The van der Waals surface area contributed by atoms with E-state index < -0.39 is 0 Å². The van der Waals surface area contributed by atoms with Gasteiger partial charge in [-0.25, -0.2) is 0 Å². The van der Waals surface area contributed by atoms with Gasteiger partial charge in [0.15, 0.2) is 0 Å². The number of thioether (sulfide) groups is 1. The Morgan fingerprint density at radius 2 is 2.04 bits per heavy atom. The number of nitrogens with zero attached hydrogens (tertiary/aromatic N) is 3. The Hall–Kier alpha value is -1.05. The minimum Gasteiger partial charge on any atom is -0.340 e. The summed E-state index contributed by atoms with van der Waals surface area (Å²) in [7, 11) is 2.08. The molecule has 1 aromatic heterocycles. The normalized spacial score (nSPS) is 26.1. The highest BCUT2D eigenvalue weighted by Crippen LogP contribution is 2.43. The van der Waals surface area contributed by atoms with E-state index in [0.29, 0.717) is 13.0 Å². The van der Waals surface area contributed by atoms with Crippen molar-refractivity contribution in [2.45, 2.75) is 24.0 Å². The predicted octanol–water partition coefficient (Wildman–Crippen LogP) is 1.87. The van der Waals surface area contributed by atoms with Crippen molar-refractivity contribution in [1.82, 2.24) is 14.7 Å². The molecule has 0 aromatic carbocycles. The van der Waals surface area contributed by atoms with Gasteiger partial charge in [0, 0.05) is 39.1 Å². The molecule has 2 aliphatic heterocycles. The topological polar surface area (TPSA) is 43.9 Å². The predicted molar refractivity (Wildman–Crippen MR) is 94.5 cm³/mol. The van der Waals surface area contributed by atoms with Gasteiger partial charge in [-0.2, -0.15) is 11.3 Å².